The Morgan fingerprint density at radius 1 is 1.04 bits per heavy atom. The predicted molar refractivity (Wildman–Crippen MR) is 82.4 cm³/mol. The maximum atomic E-state index is 13.9. The van der Waals surface area contributed by atoms with Gasteiger partial charge < -0.3 is 4.74 Å². The molecule has 0 amide bonds. The first-order valence-corrected chi connectivity index (χ1v) is 8.54. The molecule has 0 spiro atoms. The second kappa shape index (κ2) is 7.54. The number of ketones is 2. The Bertz CT molecular complexity index is 792. The molecule has 0 aliphatic heterocycles. The lowest BCUT2D eigenvalue weighted by atomic mass is 9.79. The summed E-state index contributed by atoms with van der Waals surface area (Å²) in [6.07, 6.45) is -5.65. The summed E-state index contributed by atoms with van der Waals surface area (Å²) in [5, 5.41) is 0. The van der Waals surface area contributed by atoms with Gasteiger partial charge in [-0.05, 0) is 26.0 Å². The number of alkyl halides is 3. The van der Waals surface area contributed by atoms with Crippen molar-refractivity contribution in [3.8, 4) is 0 Å². The Labute approximate surface area is 147 Å². The van der Waals surface area contributed by atoms with Crippen LogP contribution >= 0.6 is 0 Å². The van der Waals surface area contributed by atoms with E-state index < -0.39 is 50.1 Å². The van der Waals surface area contributed by atoms with Gasteiger partial charge in [0.1, 0.15) is 17.5 Å². The first-order chi connectivity index (χ1) is 11.8. The van der Waals surface area contributed by atoms with Crippen LogP contribution in [0.3, 0.4) is 0 Å². The van der Waals surface area contributed by atoms with E-state index in [1.165, 1.54) is 22.9 Å². The van der Waals surface area contributed by atoms with Crippen molar-refractivity contribution in [1.29, 1.82) is 0 Å². The Morgan fingerprint density at radius 2 is 1.50 bits per heavy atom. The van der Waals surface area contributed by atoms with E-state index in [4.69, 9.17) is 0 Å². The third-order valence-electron chi connectivity index (χ3n) is 3.55. The number of carbonyl (C=O) groups is 3. The smallest absolute Gasteiger partial charge is 0.419 e. The van der Waals surface area contributed by atoms with Gasteiger partial charge in [0.15, 0.2) is 0 Å². The zero-order chi connectivity index (χ0) is 20.3. The van der Waals surface area contributed by atoms with Crippen LogP contribution in [0.1, 0.15) is 13.8 Å². The van der Waals surface area contributed by atoms with Crippen LogP contribution in [0.25, 0.3) is 0 Å². The zero-order valence-electron chi connectivity index (χ0n) is 14.0. The van der Waals surface area contributed by atoms with Crippen molar-refractivity contribution in [3.05, 3.63) is 30.3 Å². The third-order valence-corrected chi connectivity index (χ3v) is 5.03. The van der Waals surface area contributed by atoms with Crippen molar-refractivity contribution >= 4 is 27.6 Å². The van der Waals surface area contributed by atoms with Crippen LogP contribution < -0.4 is 4.72 Å². The number of methoxy groups -OCH3 is 1. The molecule has 0 bridgehead atoms. The normalized spacial score (nSPS) is 14.6. The lowest BCUT2D eigenvalue weighted by Gasteiger charge is -2.37. The maximum Gasteiger partial charge on any atom is 0.419 e. The van der Waals surface area contributed by atoms with Gasteiger partial charge in [0.05, 0.1) is 12.0 Å². The van der Waals surface area contributed by atoms with Crippen molar-refractivity contribution in [2.75, 3.05) is 7.11 Å². The highest BCUT2D eigenvalue weighted by molar-refractivity contribution is 7.89. The van der Waals surface area contributed by atoms with Crippen LogP contribution in [0.5, 0.6) is 0 Å². The minimum absolute atomic E-state index is 0.580. The molecule has 0 saturated carbocycles. The van der Waals surface area contributed by atoms with E-state index in [2.05, 4.69) is 4.74 Å². The Hall–Kier alpha value is -2.27. The van der Waals surface area contributed by atoms with Gasteiger partial charge in [0.2, 0.25) is 15.6 Å². The highest BCUT2D eigenvalue weighted by Crippen LogP contribution is 2.40. The van der Waals surface area contributed by atoms with Crippen LogP contribution in [0.4, 0.5) is 13.2 Å². The molecule has 7 nitrogen and oxygen atoms in total. The number of ether oxygens (including phenoxy) is 1. The fourth-order valence-corrected chi connectivity index (χ4v) is 3.86. The number of hydrogen-bond acceptors (Lipinski definition) is 6. The summed E-state index contributed by atoms with van der Waals surface area (Å²) in [7, 11) is -4.36. The standard InChI is InChI=1S/C15H16F3NO6S/c1-9(20)12(10(2)21)14(13(22)25-3,15(16,17)18)19-26(23,24)11-7-5-4-6-8-11/h4-8,12,19H,1-3H3. The van der Waals surface area contributed by atoms with E-state index in [-0.39, 0.29) is 0 Å². The molecule has 1 aromatic carbocycles. The number of esters is 1. The number of Topliss-reactive ketones (excluding diaryl/α,β-unsaturated/α-hetero) is 2. The van der Waals surface area contributed by atoms with Gasteiger partial charge in [-0.1, -0.05) is 18.2 Å². The second-order valence-electron chi connectivity index (χ2n) is 5.37. The summed E-state index contributed by atoms with van der Waals surface area (Å²) < 4.78 is 71.9. The van der Waals surface area contributed by atoms with Gasteiger partial charge >= 0.3 is 12.1 Å². The molecule has 1 atom stereocenters. The molecular formula is C15H16F3NO6S. The van der Waals surface area contributed by atoms with E-state index in [9.17, 15) is 36.0 Å². The molecule has 0 saturated heterocycles. The number of halogens is 3. The van der Waals surface area contributed by atoms with Crippen LogP contribution in [0.2, 0.25) is 0 Å². The van der Waals surface area contributed by atoms with Crippen molar-refractivity contribution in [2.45, 2.75) is 30.5 Å². The lowest BCUT2D eigenvalue weighted by Crippen LogP contribution is -2.71. The predicted octanol–water partition coefficient (Wildman–Crippen LogP) is 1.23. The van der Waals surface area contributed by atoms with E-state index >= 15 is 0 Å². The van der Waals surface area contributed by atoms with Crippen LogP contribution in [0, 0.1) is 5.92 Å². The summed E-state index contributed by atoms with van der Waals surface area (Å²) in [4.78, 5) is 35.0. The van der Waals surface area contributed by atoms with Crippen LogP contribution in [0.15, 0.2) is 35.2 Å². The molecule has 1 aromatic rings. The number of nitrogens with one attached hydrogen (secondary N) is 1. The molecule has 144 valence electrons. The Kier molecular flexibility index (Phi) is 6.31. The monoisotopic (exact) mass is 395 g/mol. The van der Waals surface area contributed by atoms with Gasteiger partial charge in [-0.25, -0.2) is 13.2 Å². The summed E-state index contributed by atoms with van der Waals surface area (Å²) in [5.74, 6) is -7.49. The molecule has 1 N–H and O–H groups in total. The molecule has 0 radical (unpaired) electrons. The van der Waals surface area contributed by atoms with E-state index in [1.54, 1.807) is 0 Å². The molecule has 0 aliphatic rings. The van der Waals surface area contributed by atoms with Crippen molar-refractivity contribution in [3.63, 3.8) is 0 Å². The summed E-state index contributed by atoms with van der Waals surface area (Å²) in [6.45, 7) is 1.29. The number of benzene rings is 1. The van der Waals surface area contributed by atoms with Crippen LogP contribution in [-0.4, -0.2) is 44.8 Å². The number of carbonyl (C=O) groups excluding carboxylic acids is 3. The minimum atomic E-state index is -5.65. The first kappa shape index (κ1) is 21.8. The Balaban J connectivity index is 3.77. The number of sulfonamides is 1. The van der Waals surface area contributed by atoms with E-state index in [1.807, 2.05) is 0 Å². The highest BCUT2D eigenvalue weighted by atomic mass is 32.2. The fourth-order valence-electron chi connectivity index (χ4n) is 2.48. The summed E-state index contributed by atoms with van der Waals surface area (Å²) in [5.41, 5.74) is -4.10. The average Bonchev–Trinajstić information content (AvgIpc) is 2.52. The molecule has 0 fully saturated rings. The molecular weight excluding hydrogens is 379 g/mol. The van der Waals surface area contributed by atoms with Gasteiger partial charge in [0.25, 0.3) is 0 Å². The van der Waals surface area contributed by atoms with Gasteiger partial charge in [-0.3, -0.25) is 9.59 Å². The zero-order valence-corrected chi connectivity index (χ0v) is 14.8. The van der Waals surface area contributed by atoms with Crippen molar-refractivity contribution in [2.24, 2.45) is 5.92 Å². The summed E-state index contributed by atoms with van der Waals surface area (Å²) >= 11 is 0. The molecule has 0 aliphatic carbocycles. The van der Waals surface area contributed by atoms with Crippen LogP contribution in [-0.2, 0) is 29.1 Å². The molecule has 0 heterocycles. The van der Waals surface area contributed by atoms with Gasteiger partial charge in [0, 0.05) is 0 Å². The van der Waals surface area contributed by atoms with Gasteiger partial charge in [-0.2, -0.15) is 17.9 Å². The van der Waals surface area contributed by atoms with Crippen molar-refractivity contribution in [1.82, 2.24) is 4.72 Å². The lowest BCUT2D eigenvalue weighted by molar-refractivity contribution is -0.218. The molecule has 1 unspecified atom stereocenters. The first-order valence-electron chi connectivity index (χ1n) is 7.06. The third kappa shape index (κ3) is 3.93. The molecule has 26 heavy (non-hydrogen) atoms. The van der Waals surface area contributed by atoms with E-state index in [0.717, 1.165) is 12.1 Å². The van der Waals surface area contributed by atoms with E-state index in [0.29, 0.717) is 21.0 Å². The fraction of sp³-hybridized carbons (Fsp3) is 0.400. The number of hydrogen-bond donors (Lipinski definition) is 1. The van der Waals surface area contributed by atoms with Gasteiger partial charge in [-0.15, -0.1) is 0 Å². The maximum absolute atomic E-state index is 13.9. The minimum Gasteiger partial charge on any atom is -0.467 e. The second-order valence-corrected chi connectivity index (χ2v) is 7.05. The highest BCUT2D eigenvalue weighted by Gasteiger charge is 2.70. The SMILES string of the molecule is COC(=O)C(NS(=O)(=O)c1ccccc1)(C(C(C)=O)C(C)=O)C(F)(F)F. The largest absolute Gasteiger partial charge is 0.467 e. The summed E-state index contributed by atoms with van der Waals surface area (Å²) in [6, 6.07) is 5.88. The Morgan fingerprint density at radius 3 is 1.85 bits per heavy atom. The molecule has 11 heteroatoms. The molecule has 0 aromatic heterocycles. The quantitative estimate of drug-likeness (QED) is 0.550. The number of rotatable bonds is 7. The average molecular weight is 395 g/mol. The topological polar surface area (TPSA) is 107 Å². The van der Waals surface area contributed by atoms with Crippen molar-refractivity contribution < 1.29 is 40.7 Å². The molecule has 1 rings (SSSR count).